The number of halogens is 1. The first kappa shape index (κ1) is 19.7. The highest BCUT2D eigenvalue weighted by Gasteiger charge is 2.24. The van der Waals surface area contributed by atoms with E-state index in [1.807, 2.05) is 6.92 Å². The van der Waals surface area contributed by atoms with Crippen LogP contribution in [0.3, 0.4) is 0 Å². The van der Waals surface area contributed by atoms with Crippen LogP contribution in [0.5, 0.6) is 0 Å². The summed E-state index contributed by atoms with van der Waals surface area (Å²) in [7, 11) is 0. The van der Waals surface area contributed by atoms with Crippen molar-refractivity contribution in [3.63, 3.8) is 0 Å². The van der Waals surface area contributed by atoms with Crippen molar-refractivity contribution in [1.82, 2.24) is 10.2 Å². The summed E-state index contributed by atoms with van der Waals surface area (Å²) in [5.41, 5.74) is 5.94. The van der Waals surface area contributed by atoms with Crippen LogP contribution in [0.1, 0.15) is 47.0 Å². The number of nitrogens with zero attached hydrogens (tertiary/aromatic N) is 1. The van der Waals surface area contributed by atoms with Gasteiger partial charge < -0.3 is 16.0 Å². The number of amides is 1. The Balaban J connectivity index is 0.00000361. The van der Waals surface area contributed by atoms with Crippen LogP contribution in [0.15, 0.2) is 0 Å². The molecule has 0 saturated carbocycles. The Kier molecular flexibility index (Phi) is 9.43. The van der Waals surface area contributed by atoms with Crippen LogP contribution in [0, 0.1) is 11.8 Å². The molecule has 0 aromatic rings. The van der Waals surface area contributed by atoms with Crippen LogP contribution < -0.4 is 11.1 Å². The van der Waals surface area contributed by atoms with Gasteiger partial charge in [0, 0.05) is 19.1 Å². The average molecular weight is 306 g/mol. The summed E-state index contributed by atoms with van der Waals surface area (Å²) in [4.78, 5) is 14.4. The number of likely N-dealkylation sites (tertiary alicyclic amines) is 1. The zero-order chi connectivity index (χ0) is 14.4. The molecular weight excluding hydrogens is 274 g/mol. The maximum atomic E-state index is 12.0. The monoisotopic (exact) mass is 305 g/mol. The molecule has 5 heteroatoms. The Labute approximate surface area is 130 Å². The molecule has 0 bridgehead atoms. The predicted molar refractivity (Wildman–Crippen MR) is 87.1 cm³/mol. The second-order valence-corrected chi connectivity index (χ2v) is 6.25. The van der Waals surface area contributed by atoms with Crippen LogP contribution in [0.25, 0.3) is 0 Å². The van der Waals surface area contributed by atoms with Gasteiger partial charge in [0.15, 0.2) is 0 Å². The molecule has 4 nitrogen and oxygen atoms in total. The van der Waals surface area contributed by atoms with E-state index in [0.29, 0.717) is 12.0 Å². The van der Waals surface area contributed by atoms with Gasteiger partial charge in [-0.2, -0.15) is 0 Å². The van der Waals surface area contributed by atoms with Crippen LogP contribution >= 0.6 is 12.4 Å². The molecule has 1 fully saturated rings. The maximum absolute atomic E-state index is 12.0. The second kappa shape index (κ2) is 9.59. The first-order chi connectivity index (χ1) is 8.95. The van der Waals surface area contributed by atoms with E-state index in [4.69, 9.17) is 5.73 Å². The maximum Gasteiger partial charge on any atom is 0.237 e. The smallest absolute Gasteiger partial charge is 0.237 e. The van der Waals surface area contributed by atoms with E-state index in [9.17, 15) is 4.79 Å². The zero-order valence-electron chi connectivity index (χ0n) is 13.4. The number of piperidine rings is 1. The van der Waals surface area contributed by atoms with E-state index in [0.717, 1.165) is 19.5 Å². The second-order valence-electron chi connectivity index (χ2n) is 6.25. The lowest BCUT2D eigenvalue weighted by Gasteiger charge is -2.35. The van der Waals surface area contributed by atoms with Crippen molar-refractivity contribution in [3.8, 4) is 0 Å². The molecule has 1 aliphatic rings. The fourth-order valence-corrected chi connectivity index (χ4v) is 2.61. The Hall–Kier alpha value is -0.320. The Morgan fingerprint density at radius 2 is 2.05 bits per heavy atom. The third-order valence-electron chi connectivity index (χ3n) is 4.41. The third-order valence-corrected chi connectivity index (χ3v) is 4.41. The van der Waals surface area contributed by atoms with Crippen LogP contribution in [0.4, 0.5) is 0 Å². The van der Waals surface area contributed by atoms with Crippen molar-refractivity contribution in [3.05, 3.63) is 0 Å². The van der Waals surface area contributed by atoms with Crippen molar-refractivity contribution < 1.29 is 4.79 Å². The molecule has 3 unspecified atom stereocenters. The number of nitrogens with one attached hydrogen (secondary N) is 1. The average Bonchev–Trinajstić information content (AvgIpc) is 2.43. The van der Waals surface area contributed by atoms with E-state index < -0.39 is 0 Å². The highest BCUT2D eigenvalue weighted by atomic mass is 35.5. The van der Waals surface area contributed by atoms with Crippen molar-refractivity contribution in [1.29, 1.82) is 0 Å². The fraction of sp³-hybridized carbons (Fsp3) is 0.933. The van der Waals surface area contributed by atoms with Gasteiger partial charge in [-0.05, 0) is 45.1 Å². The lowest BCUT2D eigenvalue weighted by atomic mass is 9.96. The molecular formula is C15H32ClN3O. The van der Waals surface area contributed by atoms with Gasteiger partial charge in [0.2, 0.25) is 5.91 Å². The highest BCUT2D eigenvalue weighted by Crippen LogP contribution is 2.17. The van der Waals surface area contributed by atoms with E-state index in [1.165, 1.54) is 19.4 Å². The van der Waals surface area contributed by atoms with Gasteiger partial charge in [0.25, 0.3) is 0 Å². The predicted octanol–water partition coefficient (Wildman–Crippen LogP) is 2.02. The molecule has 1 heterocycles. The largest absolute Gasteiger partial charge is 0.354 e. The van der Waals surface area contributed by atoms with Gasteiger partial charge in [-0.3, -0.25) is 4.79 Å². The molecule has 0 spiro atoms. The number of carbonyl (C=O) groups is 1. The molecule has 0 aromatic heterocycles. The van der Waals surface area contributed by atoms with Crippen molar-refractivity contribution in [2.45, 2.75) is 59.0 Å². The number of rotatable bonds is 6. The molecule has 0 aromatic carbocycles. The number of hydrogen-bond acceptors (Lipinski definition) is 3. The summed E-state index contributed by atoms with van der Waals surface area (Å²) in [5.74, 6) is 0.832. The molecule has 1 aliphatic heterocycles. The molecule has 1 saturated heterocycles. The molecule has 3 N–H and O–H groups in total. The normalized spacial score (nSPS) is 23.0. The van der Waals surface area contributed by atoms with Gasteiger partial charge in [0.05, 0.1) is 6.04 Å². The molecule has 20 heavy (non-hydrogen) atoms. The molecule has 0 aliphatic carbocycles. The number of hydrogen-bond donors (Lipinski definition) is 2. The van der Waals surface area contributed by atoms with E-state index in [1.54, 1.807) is 0 Å². The van der Waals surface area contributed by atoms with Crippen LogP contribution in [0.2, 0.25) is 0 Å². The van der Waals surface area contributed by atoms with Gasteiger partial charge in [0.1, 0.15) is 0 Å². The van der Waals surface area contributed by atoms with Gasteiger partial charge >= 0.3 is 0 Å². The topological polar surface area (TPSA) is 58.4 Å². The Bertz CT molecular complexity index is 286. The summed E-state index contributed by atoms with van der Waals surface area (Å²) in [6, 6.07) is 0.232. The molecule has 1 rings (SSSR count). The first-order valence-electron chi connectivity index (χ1n) is 7.73. The molecule has 0 radical (unpaired) electrons. The number of carbonyl (C=O) groups excluding carboxylic acids is 1. The Morgan fingerprint density at radius 3 is 2.60 bits per heavy atom. The van der Waals surface area contributed by atoms with Gasteiger partial charge in [-0.1, -0.05) is 20.3 Å². The SMILES string of the molecule is CCC(C)C(N)C(=O)NCC1CCCN(C(C)C)C1.Cl. The van der Waals surface area contributed by atoms with E-state index in [2.05, 4.69) is 31.0 Å². The minimum Gasteiger partial charge on any atom is -0.354 e. The van der Waals surface area contributed by atoms with Crippen molar-refractivity contribution in [2.24, 2.45) is 17.6 Å². The first-order valence-corrected chi connectivity index (χ1v) is 7.73. The molecule has 1 amide bonds. The summed E-state index contributed by atoms with van der Waals surface area (Å²) in [5, 5.41) is 3.04. The number of nitrogens with two attached hydrogens (primary N) is 1. The minimum absolute atomic E-state index is 0. The molecule has 120 valence electrons. The van der Waals surface area contributed by atoms with Gasteiger partial charge in [-0.15, -0.1) is 12.4 Å². The van der Waals surface area contributed by atoms with E-state index in [-0.39, 0.29) is 30.3 Å². The minimum atomic E-state index is -0.366. The summed E-state index contributed by atoms with van der Waals surface area (Å²) in [6.07, 6.45) is 3.39. The molecule has 3 atom stereocenters. The standard InChI is InChI=1S/C15H31N3O.ClH/c1-5-12(4)14(16)15(19)17-9-13-7-6-8-18(10-13)11(2)3;/h11-14H,5-10,16H2,1-4H3,(H,17,19);1H. The summed E-state index contributed by atoms with van der Waals surface area (Å²) >= 11 is 0. The Morgan fingerprint density at radius 1 is 1.40 bits per heavy atom. The summed E-state index contributed by atoms with van der Waals surface area (Å²) in [6.45, 7) is 11.6. The lowest BCUT2D eigenvalue weighted by molar-refractivity contribution is -0.123. The fourth-order valence-electron chi connectivity index (χ4n) is 2.61. The quantitative estimate of drug-likeness (QED) is 0.789. The van der Waals surface area contributed by atoms with E-state index >= 15 is 0 Å². The van der Waals surface area contributed by atoms with Crippen molar-refractivity contribution in [2.75, 3.05) is 19.6 Å². The van der Waals surface area contributed by atoms with Crippen LogP contribution in [-0.4, -0.2) is 42.5 Å². The third kappa shape index (κ3) is 5.98. The van der Waals surface area contributed by atoms with Crippen molar-refractivity contribution >= 4 is 18.3 Å². The zero-order valence-corrected chi connectivity index (χ0v) is 14.2. The lowest BCUT2D eigenvalue weighted by Crippen LogP contribution is -2.48. The van der Waals surface area contributed by atoms with Crippen LogP contribution in [-0.2, 0) is 4.79 Å². The van der Waals surface area contributed by atoms with Gasteiger partial charge in [-0.25, -0.2) is 0 Å². The highest BCUT2D eigenvalue weighted by molar-refractivity contribution is 5.85. The summed E-state index contributed by atoms with van der Waals surface area (Å²) < 4.78 is 0.